The minimum atomic E-state index is -0.201. The third-order valence-electron chi connectivity index (χ3n) is 2.74. The van der Waals surface area contributed by atoms with Gasteiger partial charge in [0.15, 0.2) is 0 Å². The quantitative estimate of drug-likeness (QED) is 0.810. The van der Waals surface area contributed by atoms with E-state index in [0.29, 0.717) is 31.8 Å². The van der Waals surface area contributed by atoms with Gasteiger partial charge in [-0.1, -0.05) is 12.1 Å². The van der Waals surface area contributed by atoms with Gasteiger partial charge in [-0.2, -0.15) is 0 Å². The molecule has 0 saturated heterocycles. The normalized spacial score (nSPS) is 11.0. The van der Waals surface area contributed by atoms with Gasteiger partial charge in [0.25, 0.3) is 0 Å². The molecule has 0 saturated carbocycles. The van der Waals surface area contributed by atoms with E-state index in [9.17, 15) is 4.39 Å². The zero-order chi connectivity index (χ0) is 13.5. The zero-order valence-electron chi connectivity index (χ0n) is 11.4. The third kappa shape index (κ3) is 4.27. The number of halogens is 1. The van der Waals surface area contributed by atoms with Crippen LogP contribution in [0.5, 0.6) is 0 Å². The molecule has 0 amide bonds. The van der Waals surface area contributed by atoms with E-state index in [0.717, 1.165) is 5.56 Å². The molecule has 1 aromatic carbocycles. The Labute approximate surface area is 109 Å². The average Bonchev–Trinajstić information content (AvgIpc) is 2.28. The van der Waals surface area contributed by atoms with Gasteiger partial charge < -0.3 is 15.4 Å². The van der Waals surface area contributed by atoms with Gasteiger partial charge in [0.1, 0.15) is 5.82 Å². The molecule has 0 fully saturated rings. The monoisotopic (exact) mass is 254 g/mol. The highest BCUT2D eigenvalue weighted by Gasteiger charge is 2.12. The lowest BCUT2D eigenvalue weighted by Gasteiger charge is -2.23. The second-order valence-corrected chi connectivity index (χ2v) is 4.63. The van der Waals surface area contributed by atoms with Crippen LogP contribution in [-0.4, -0.2) is 32.8 Å². The lowest BCUT2D eigenvalue weighted by atomic mass is 10.1. The van der Waals surface area contributed by atoms with Gasteiger partial charge in [0.05, 0.1) is 18.4 Å². The molecule has 4 heteroatoms. The molecule has 0 aliphatic heterocycles. The van der Waals surface area contributed by atoms with Crippen LogP contribution in [0.4, 0.5) is 10.1 Å². The van der Waals surface area contributed by atoms with Gasteiger partial charge in [0.2, 0.25) is 0 Å². The van der Waals surface area contributed by atoms with Crippen molar-refractivity contribution >= 4 is 5.69 Å². The number of nitrogens with two attached hydrogens (primary N) is 1. The van der Waals surface area contributed by atoms with E-state index in [4.69, 9.17) is 10.5 Å². The molecule has 0 bridgehead atoms. The van der Waals surface area contributed by atoms with Crippen LogP contribution in [0.25, 0.3) is 0 Å². The summed E-state index contributed by atoms with van der Waals surface area (Å²) in [5.41, 5.74) is 7.14. The molecule has 2 N–H and O–H groups in total. The van der Waals surface area contributed by atoms with Crippen molar-refractivity contribution in [3.05, 3.63) is 29.6 Å². The third-order valence-corrected chi connectivity index (χ3v) is 2.74. The second-order valence-electron chi connectivity index (χ2n) is 4.63. The minimum absolute atomic E-state index is 0.197. The molecule has 0 aliphatic carbocycles. The largest absolute Gasteiger partial charge is 0.377 e. The van der Waals surface area contributed by atoms with E-state index in [1.807, 2.05) is 31.9 Å². The summed E-state index contributed by atoms with van der Waals surface area (Å²) in [5, 5.41) is 0. The maximum Gasteiger partial charge on any atom is 0.146 e. The van der Waals surface area contributed by atoms with E-state index in [2.05, 4.69) is 0 Å². The van der Waals surface area contributed by atoms with Gasteiger partial charge in [-0.3, -0.25) is 0 Å². The van der Waals surface area contributed by atoms with Gasteiger partial charge in [0, 0.05) is 13.6 Å². The second kappa shape index (κ2) is 7.34. The first kappa shape index (κ1) is 14.9. The SMILES string of the molecule is CC(C)OCCN(C)c1c(F)cccc1CCN. The Balaban J connectivity index is 2.73. The van der Waals surface area contributed by atoms with Crippen LogP contribution >= 0.6 is 0 Å². The maximum atomic E-state index is 13.9. The Kier molecular flexibility index (Phi) is 6.09. The van der Waals surface area contributed by atoms with E-state index in [1.165, 1.54) is 6.07 Å². The first-order valence-corrected chi connectivity index (χ1v) is 6.36. The Bertz CT molecular complexity index is 369. The number of para-hydroxylation sites is 1. The molecule has 102 valence electrons. The number of hydrogen-bond donors (Lipinski definition) is 1. The van der Waals surface area contributed by atoms with E-state index < -0.39 is 0 Å². The topological polar surface area (TPSA) is 38.5 Å². The molecule has 0 spiro atoms. The molecule has 0 radical (unpaired) electrons. The lowest BCUT2D eigenvalue weighted by Crippen LogP contribution is -2.26. The van der Waals surface area contributed by atoms with Gasteiger partial charge in [-0.15, -0.1) is 0 Å². The van der Waals surface area contributed by atoms with Crippen LogP contribution < -0.4 is 10.6 Å². The molecule has 0 aromatic heterocycles. The highest BCUT2D eigenvalue weighted by Crippen LogP contribution is 2.23. The first-order chi connectivity index (χ1) is 8.56. The fraction of sp³-hybridized carbons (Fsp3) is 0.571. The van der Waals surface area contributed by atoms with Crippen LogP contribution in [-0.2, 0) is 11.2 Å². The van der Waals surface area contributed by atoms with E-state index in [1.54, 1.807) is 6.07 Å². The summed E-state index contributed by atoms with van der Waals surface area (Å²) < 4.78 is 19.4. The van der Waals surface area contributed by atoms with Crippen molar-refractivity contribution in [3.8, 4) is 0 Å². The van der Waals surface area contributed by atoms with Gasteiger partial charge in [-0.25, -0.2) is 4.39 Å². The van der Waals surface area contributed by atoms with Crippen LogP contribution in [0.1, 0.15) is 19.4 Å². The Morgan fingerprint density at radius 1 is 1.39 bits per heavy atom. The van der Waals surface area contributed by atoms with Crippen molar-refractivity contribution in [1.82, 2.24) is 0 Å². The number of likely N-dealkylation sites (N-methyl/N-ethyl adjacent to an activating group) is 1. The van der Waals surface area contributed by atoms with E-state index in [-0.39, 0.29) is 11.9 Å². The molecule has 0 heterocycles. The molecule has 0 atom stereocenters. The van der Waals surface area contributed by atoms with E-state index >= 15 is 0 Å². The number of ether oxygens (including phenoxy) is 1. The molecule has 1 aromatic rings. The summed E-state index contributed by atoms with van der Waals surface area (Å²) in [7, 11) is 1.88. The predicted molar refractivity (Wildman–Crippen MR) is 73.5 cm³/mol. The molecule has 3 nitrogen and oxygen atoms in total. The Hall–Kier alpha value is -1.13. The molecule has 1 rings (SSSR count). The summed E-state index contributed by atoms with van der Waals surface area (Å²) in [6, 6.07) is 5.13. The Morgan fingerprint density at radius 2 is 2.11 bits per heavy atom. The van der Waals surface area contributed by atoms with Crippen LogP contribution in [0, 0.1) is 5.82 Å². The number of benzene rings is 1. The standard InChI is InChI=1S/C14H23FN2O/c1-11(2)18-10-9-17(3)14-12(7-8-16)5-4-6-13(14)15/h4-6,11H,7-10,16H2,1-3H3. The molecule has 0 aliphatic rings. The lowest BCUT2D eigenvalue weighted by molar-refractivity contribution is 0.0845. The van der Waals surface area contributed by atoms with Crippen molar-refractivity contribution in [2.45, 2.75) is 26.4 Å². The van der Waals surface area contributed by atoms with Crippen LogP contribution in [0.2, 0.25) is 0 Å². The summed E-state index contributed by atoms with van der Waals surface area (Å²) in [4.78, 5) is 1.89. The number of hydrogen-bond acceptors (Lipinski definition) is 3. The van der Waals surface area contributed by atoms with Crippen molar-refractivity contribution in [2.24, 2.45) is 5.73 Å². The number of nitrogens with zero attached hydrogens (tertiary/aromatic N) is 1. The van der Waals surface area contributed by atoms with Crippen molar-refractivity contribution in [2.75, 3.05) is 31.6 Å². The highest BCUT2D eigenvalue weighted by molar-refractivity contribution is 5.54. The van der Waals surface area contributed by atoms with Gasteiger partial charge in [-0.05, 0) is 38.4 Å². The van der Waals surface area contributed by atoms with Crippen molar-refractivity contribution < 1.29 is 9.13 Å². The number of rotatable bonds is 7. The Morgan fingerprint density at radius 3 is 2.72 bits per heavy atom. The van der Waals surface area contributed by atoms with Crippen LogP contribution in [0.3, 0.4) is 0 Å². The van der Waals surface area contributed by atoms with Gasteiger partial charge >= 0.3 is 0 Å². The summed E-state index contributed by atoms with van der Waals surface area (Å²) in [6.07, 6.45) is 0.880. The average molecular weight is 254 g/mol. The summed E-state index contributed by atoms with van der Waals surface area (Å²) in [5.74, 6) is -0.201. The molecular formula is C14H23FN2O. The maximum absolute atomic E-state index is 13.9. The van der Waals surface area contributed by atoms with Crippen molar-refractivity contribution in [3.63, 3.8) is 0 Å². The zero-order valence-corrected chi connectivity index (χ0v) is 11.4. The molecule has 0 unspecified atom stereocenters. The first-order valence-electron chi connectivity index (χ1n) is 6.36. The highest BCUT2D eigenvalue weighted by atomic mass is 19.1. The summed E-state index contributed by atoms with van der Waals surface area (Å²) in [6.45, 7) is 5.75. The fourth-order valence-electron chi connectivity index (χ4n) is 1.88. The summed E-state index contributed by atoms with van der Waals surface area (Å²) >= 11 is 0. The molecule has 18 heavy (non-hydrogen) atoms. The fourth-order valence-corrected chi connectivity index (χ4v) is 1.88. The van der Waals surface area contributed by atoms with Crippen LogP contribution in [0.15, 0.2) is 18.2 Å². The smallest absolute Gasteiger partial charge is 0.146 e. The molecular weight excluding hydrogens is 231 g/mol. The number of anilines is 1. The van der Waals surface area contributed by atoms with Crippen molar-refractivity contribution in [1.29, 1.82) is 0 Å². The predicted octanol–water partition coefficient (Wildman–Crippen LogP) is 2.19. The minimum Gasteiger partial charge on any atom is -0.377 e.